The molecule has 1 saturated carbocycles. The van der Waals surface area contributed by atoms with Crippen LogP contribution in [0.15, 0.2) is 18.3 Å². The van der Waals surface area contributed by atoms with Crippen molar-refractivity contribution in [1.29, 1.82) is 0 Å². The molecule has 16 heavy (non-hydrogen) atoms. The molecule has 0 aliphatic heterocycles. The van der Waals surface area contributed by atoms with E-state index in [-0.39, 0.29) is 0 Å². The van der Waals surface area contributed by atoms with Crippen molar-refractivity contribution >= 4 is 0 Å². The predicted octanol–water partition coefficient (Wildman–Crippen LogP) is 2.70. The molecule has 0 saturated heterocycles. The number of nitrogens with two attached hydrogens (primary N) is 1. The predicted molar refractivity (Wildman–Crippen MR) is 67.3 cm³/mol. The van der Waals surface area contributed by atoms with Gasteiger partial charge in [0.05, 0.1) is 0 Å². The van der Waals surface area contributed by atoms with Crippen LogP contribution in [0.3, 0.4) is 0 Å². The van der Waals surface area contributed by atoms with Crippen LogP contribution >= 0.6 is 0 Å². The molecule has 1 atom stereocenters. The van der Waals surface area contributed by atoms with Gasteiger partial charge >= 0.3 is 0 Å². The van der Waals surface area contributed by atoms with Gasteiger partial charge < -0.3 is 5.73 Å². The van der Waals surface area contributed by atoms with Gasteiger partial charge in [-0.15, -0.1) is 0 Å². The van der Waals surface area contributed by atoms with Crippen LogP contribution in [0.4, 0.5) is 0 Å². The van der Waals surface area contributed by atoms with Crippen molar-refractivity contribution < 1.29 is 0 Å². The molecular weight excluding hydrogens is 196 g/mol. The number of rotatable bonds is 5. The minimum Gasteiger partial charge on any atom is -0.327 e. The number of hydrogen-bond donors (Lipinski definition) is 1. The lowest BCUT2D eigenvalue weighted by atomic mass is 9.80. The van der Waals surface area contributed by atoms with E-state index in [0.717, 1.165) is 24.5 Å². The Labute approximate surface area is 98.3 Å². The van der Waals surface area contributed by atoms with Crippen molar-refractivity contribution in [2.45, 2.75) is 51.5 Å². The molecule has 0 radical (unpaired) electrons. The van der Waals surface area contributed by atoms with E-state index in [4.69, 9.17) is 5.73 Å². The lowest BCUT2D eigenvalue weighted by molar-refractivity contribution is 0.275. The maximum Gasteiger partial charge on any atom is 0.0419 e. The third-order valence-corrected chi connectivity index (χ3v) is 3.63. The molecule has 0 aromatic carbocycles. The Morgan fingerprint density at radius 2 is 2.25 bits per heavy atom. The monoisotopic (exact) mass is 218 g/mol. The van der Waals surface area contributed by atoms with E-state index >= 15 is 0 Å². The normalized spacial score (nSPS) is 18.1. The van der Waals surface area contributed by atoms with Crippen LogP contribution in [0.1, 0.15) is 43.9 Å². The molecular formula is C14H22N2. The zero-order chi connectivity index (χ0) is 11.4. The third-order valence-electron chi connectivity index (χ3n) is 3.63. The SMILES string of the molecule is CCc1ccc(CC(N)CC2CCC2)nc1. The molecule has 1 unspecified atom stereocenters. The summed E-state index contributed by atoms with van der Waals surface area (Å²) >= 11 is 0. The van der Waals surface area contributed by atoms with Crippen molar-refractivity contribution in [3.8, 4) is 0 Å². The van der Waals surface area contributed by atoms with E-state index in [0.29, 0.717) is 6.04 Å². The number of nitrogens with zero attached hydrogens (tertiary/aromatic N) is 1. The summed E-state index contributed by atoms with van der Waals surface area (Å²) < 4.78 is 0. The van der Waals surface area contributed by atoms with Gasteiger partial charge in [0.25, 0.3) is 0 Å². The highest BCUT2D eigenvalue weighted by Gasteiger charge is 2.20. The topological polar surface area (TPSA) is 38.9 Å². The third kappa shape index (κ3) is 3.05. The Bertz CT molecular complexity index is 314. The maximum atomic E-state index is 6.15. The molecule has 0 spiro atoms. The van der Waals surface area contributed by atoms with Gasteiger partial charge in [-0.1, -0.05) is 32.3 Å². The second-order valence-electron chi connectivity index (χ2n) is 5.01. The molecule has 88 valence electrons. The highest BCUT2D eigenvalue weighted by molar-refractivity contribution is 5.14. The Morgan fingerprint density at radius 1 is 1.44 bits per heavy atom. The number of aromatic nitrogens is 1. The van der Waals surface area contributed by atoms with Gasteiger partial charge in [0.1, 0.15) is 0 Å². The number of hydrogen-bond acceptors (Lipinski definition) is 2. The number of pyridine rings is 1. The van der Waals surface area contributed by atoms with Crippen LogP contribution < -0.4 is 5.73 Å². The summed E-state index contributed by atoms with van der Waals surface area (Å²) in [5, 5.41) is 0. The second kappa shape index (κ2) is 5.44. The van der Waals surface area contributed by atoms with Crippen LogP contribution in [0, 0.1) is 5.92 Å². The van der Waals surface area contributed by atoms with E-state index in [9.17, 15) is 0 Å². The number of aryl methyl sites for hydroxylation is 1. The van der Waals surface area contributed by atoms with Crippen molar-refractivity contribution in [3.63, 3.8) is 0 Å². The molecule has 2 nitrogen and oxygen atoms in total. The highest BCUT2D eigenvalue weighted by atomic mass is 14.7. The van der Waals surface area contributed by atoms with Gasteiger partial charge in [-0.25, -0.2) is 0 Å². The van der Waals surface area contributed by atoms with Crippen molar-refractivity contribution in [2.75, 3.05) is 0 Å². The summed E-state index contributed by atoms with van der Waals surface area (Å²) in [7, 11) is 0. The molecule has 2 rings (SSSR count). The first-order chi connectivity index (χ1) is 7.78. The summed E-state index contributed by atoms with van der Waals surface area (Å²) in [6.45, 7) is 2.15. The summed E-state index contributed by atoms with van der Waals surface area (Å²) in [5.41, 5.74) is 8.59. The molecule has 1 aromatic rings. The minimum absolute atomic E-state index is 0.297. The fraction of sp³-hybridized carbons (Fsp3) is 0.643. The highest BCUT2D eigenvalue weighted by Crippen LogP contribution is 2.30. The zero-order valence-corrected chi connectivity index (χ0v) is 10.2. The summed E-state index contributed by atoms with van der Waals surface area (Å²) in [6, 6.07) is 4.59. The standard InChI is InChI=1S/C14H22N2/c1-2-11-6-7-14(16-10-11)9-13(15)8-12-4-3-5-12/h6-7,10,12-13H,2-5,8-9,15H2,1H3. The Kier molecular flexibility index (Phi) is 3.94. The van der Waals surface area contributed by atoms with E-state index in [2.05, 4.69) is 24.0 Å². The lowest BCUT2D eigenvalue weighted by Crippen LogP contribution is -2.28. The molecule has 2 heteroatoms. The average Bonchev–Trinajstić information content (AvgIpc) is 2.25. The molecule has 1 aromatic heterocycles. The van der Waals surface area contributed by atoms with Gasteiger partial charge in [-0.05, 0) is 30.4 Å². The van der Waals surface area contributed by atoms with Crippen LogP contribution in [0.25, 0.3) is 0 Å². The molecule has 1 heterocycles. The van der Waals surface area contributed by atoms with Gasteiger partial charge in [-0.2, -0.15) is 0 Å². The van der Waals surface area contributed by atoms with Gasteiger partial charge in [0.2, 0.25) is 0 Å². The van der Waals surface area contributed by atoms with Crippen LogP contribution in [-0.4, -0.2) is 11.0 Å². The van der Waals surface area contributed by atoms with Crippen molar-refractivity contribution in [3.05, 3.63) is 29.6 Å². The maximum absolute atomic E-state index is 6.15. The van der Waals surface area contributed by atoms with Gasteiger partial charge in [0.15, 0.2) is 0 Å². The fourth-order valence-corrected chi connectivity index (χ4v) is 2.29. The minimum atomic E-state index is 0.297. The van der Waals surface area contributed by atoms with Crippen molar-refractivity contribution in [2.24, 2.45) is 11.7 Å². The largest absolute Gasteiger partial charge is 0.327 e. The Balaban J connectivity index is 1.82. The Hall–Kier alpha value is -0.890. The van der Waals surface area contributed by atoms with Crippen LogP contribution in [0.5, 0.6) is 0 Å². The van der Waals surface area contributed by atoms with Crippen molar-refractivity contribution in [1.82, 2.24) is 4.98 Å². The molecule has 1 aliphatic carbocycles. The molecule has 1 aliphatic rings. The Morgan fingerprint density at radius 3 is 2.75 bits per heavy atom. The van der Waals surface area contributed by atoms with E-state index in [1.54, 1.807) is 0 Å². The van der Waals surface area contributed by atoms with Gasteiger partial charge in [-0.3, -0.25) is 4.98 Å². The van der Waals surface area contributed by atoms with Gasteiger partial charge in [0, 0.05) is 24.4 Å². The molecule has 0 amide bonds. The smallest absolute Gasteiger partial charge is 0.0419 e. The molecule has 2 N–H and O–H groups in total. The lowest BCUT2D eigenvalue weighted by Gasteiger charge is -2.27. The first kappa shape index (κ1) is 11.6. The quantitative estimate of drug-likeness (QED) is 0.825. The summed E-state index contributed by atoms with van der Waals surface area (Å²) in [5.74, 6) is 0.893. The molecule has 0 bridgehead atoms. The zero-order valence-electron chi connectivity index (χ0n) is 10.2. The van der Waals surface area contributed by atoms with Crippen LogP contribution in [-0.2, 0) is 12.8 Å². The second-order valence-corrected chi connectivity index (χ2v) is 5.01. The first-order valence-corrected chi connectivity index (χ1v) is 6.47. The first-order valence-electron chi connectivity index (χ1n) is 6.47. The molecule has 1 fully saturated rings. The summed E-state index contributed by atoms with van der Waals surface area (Å²) in [6.07, 6.45) is 9.32. The summed E-state index contributed by atoms with van der Waals surface area (Å²) in [4.78, 5) is 4.46. The van der Waals surface area contributed by atoms with E-state index in [1.807, 2.05) is 6.20 Å². The fourth-order valence-electron chi connectivity index (χ4n) is 2.29. The average molecular weight is 218 g/mol. The van der Waals surface area contributed by atoms with E-state index < -0.39 is 0 Å². The van der Waals surface area contributed by atoms with Crippen LogP contribution in [0.2, 0.25) is 0 Å². The van der Waals surface area contributed by atoms with E-state index in [1.165, 1.54) is 31.2 Å².